The Bertz CT molecular complexity index is 855. The molecule has 9 heteroatoms. The summed E-state index contributed by atoms with van der Waals surface area (Å²) in [5, 5.41) is 0. The molecule has 142 valence electrons. The third kappa shape index (κ3) is 5.18. The minimum Gasteiger partial charge on any atom is -0.497 e. The predicted octanol–water partition coefficient (Wildman–Crippen LogP) is 1.46. The van der Waals surface area contributed by atoms with Crippen molar-refractivity contribution in [3.8, 4) is 11.5 Å². The van der Waals surface area contributed by atoms with Gasteiger partial charge in [0.25, 0.3) is 11.8 Å². The van der Waals surface area contributed by atoms with E-state index in [0.29, 0.717) is 5.75 Å². The van der Waals surface area contributed by atoms with Gasteiger partial charge in [-0.3, -0.25) is 20.4 Å². The number of esters is 1. The summed E-state index contributed by atoms with van der Waals surface area (Å²) in [4.78, 5) is 35.6. The summed E-state index contributed by atoms with van der Waals surface area (Å²) in [5.74, 6) is -2.56. The number of rotatable bonds is 6. The van der Waals surface area contributed by atoms with Gasteiger partial charge in [0.15, 0.2) is 6.61 Å². The molecule has 2 aromatic carbocycles. The number of methoxy groups -OCH3 is 2. The Kier molecular flexibility index (Phi) is 6.70. The Balaban J connectivity index is 1.89. The number of ether oxygens (including phenoxy) is 3. The third-order valence-corrected chi connectivity index (χ3v) is 3.39. The number of hydrogen-bond donors (Lipinski definition) is 2. The second-order valence-corrected chi connectivity index (χ2v) is 5.12. The molecule has 0 aliphatic heterocycles. The van der Waals surface area contributed by atoms with Crippen molar-refractivity contribution in [2.75, 3.05) is 20.8 Å². The van der Waals surface area contributed by atoms with Crippen LogP contribution in [0.3, 0.4) is 0 Å². The third-order valence-electron chi connectivity index (χ3n) is 3.39. The zero-order chi connectivity index (χ0) is 19.8. The van der Waals surface area contributed by atoms with E-state index in [0.717, 1.165) is 6.07 Å². The van der Waals surface area contributed by atoms with Gasteiger partial charge in [-0.25, -0.2) is 9.18 Å². The summed E-state index contributed by atoms with van der Waals surface area (Å²) in [6.45, 7) is -0.670. The maximum Gasteiger partial charge on any atom is 0.342 e. The van der Waals surface area contributed by atoms with Crippen molar-refractivity contribution in [3.05, 3.63) is 59.4 Å². The quantitative estimate of drug-likeness (QED) is 0.585. The Morgan fingerprint density at radius 2 is 1.70 bits per heavy atom. The van der Waals surface area contributed by atoms with E-state index in [2.05, 4.69) is 0 Å². The molecule has 0 spiro atoms. The van der Waals surface area contributed by atoms with E-state index in [1.54, 1.807) is 6.07 Å². The minimum absolute atomic E-state index is 0.0695. The first-order valence-corrected chi connectivity index (χ1v) is 7.69. The van der Waals surface area contributed by atoms with Crippen LogP contribution in [0.1, 0.15) is 20.7 Å². The summed E-state index contributed by atoms with van der Waals surface area (Å²) < 4.78 is 28.4. The highest BCUT2D eigenvalue weighted by molar-refractivity contribution is 5.96. The van der Waals surface area contributed by atoms with Crippen LogP contribution < -0.4 is 20.3 Å². The molecule has 0 aromatic heterocycles. The molecule has 0 bridgehead atoms. The van der Waals surface area contributed by atoms with Crippen molar-refractivity contribution in [2.45, 2.75) is 0 Å². The first kappa shape index (κ1) is 19.7. The van der Waals surface area contributed by atoms with Gasteiger partial charge in [0.05, 0.1) is 19.8 Å². The van der Waals surface area contributed by atoms with Crippen LogP contribution in [0.4, 0.5) is 4.39 Å². The minimum atomic E-state index is -0.845. The highest BCUT2D eigenvalue weighted by Crippen LogP contribution is 2.24. The lowest BCUT2D eigenvalue weighted by atomic mass is 10.2. The fourth-order valence-electron chi connectivity index (χ4n) is 2.06. The van der Waals surface area contributed by atoms with Crippen molar-refractivity contribution >= 4 is 17.8 Å². The van der Waals surface area contributed by atoms with Gasteiger partial charge in [0.2, 0.25) is 0 Å². The lowest BCUT2D eigenvalue weighted by Gasteiger charge is -2.11. The van der Waals surface area contributed by atoms with E-state index >= 15 is 0 Å². The molecule has 0 heterocycles. The molecular weight excluding hydrogens is 359 g/mol. The van der Waals surface area contributed by atoms with Crippen LogP contribution in [-0.2, 0) is 9.53 Å². The van der Waals surface area contributed by atoms with Crippen LogP contribution in [0.2, 0.25) is 0 Å². The number of carbonyl (C=O) groups is 3. The predicted molar refractivity (Wildman–Crippen MR) is 91.8 cm³/mol. The number of amides is 2. The van der Waals surface area contributed by atoms with E-state index in [9.17, 15) is 18.8 Å². The van der Waals surface area contributed by atoms with Gasteiger partial charge < -0.3 is 14.2 Å². The second-order valence-electron chi connectivity index (χ2n) is 5.12. The Hall–Kier alpha value is -3.62. The summed E-state index contributed by atoms with van der Waals surface area (Å²) in [6.07, 6.45) is 0. The number of carbonyl (C=O) groups excluding carboxylic acids is 3. The average molecular weight is 376 g/mol. The van der Waals surface area contributed by atoms with Crippen LogP contribution >= 0.6 is 0 Å². The lowest BCUT2D eigenvalue weighted by molar-refractivity contribution is -0.125. The molecule has 2 rings (SSSR count). The van der Waals surface area contributed by atoms with Gasteiger partial charge in [-0.05, 0) is 30.3 Å². The molecule has 0 saturated heterocycles. The average Bonchev–Trinajstić information content (AvgIpc) is 2.69. The maximum atomic E-state index is 13.5. The van der Waals surface area contributed by atoms with E-state index < -0.39 is 30.2 Å². The summed E-state index contributed by atoms with van der Waals surface area (Å²) in [5.41, 5.74) is 3.89. The molecule has 0 radical (unpaired) electrons. The molecule has 0 saturated carbocycles. The zero-order valence-corrected chi connectivity index (χ0v) is 14.6. The summed E-state index contributed by atoms with van der Waals surface area (Å²) in [6, 6.07) is 9.79. The fraction of sp³-hybridized carbons (Fsp3) is 0.167. The summed E-state index contributed by atoms with van der Waals surface area (Å²) in [7, 11) is 2.81. The van der Waals surface area contributed by atoms with E-state index in [-0.39, 0.29) is 16.9 Å². The van der Waals surface area contributed by atoms with Crippen LogP contribution in [0, 0.1) is 5.82 Å². The monoisotopic (exact) mass is 376 g/mol. The first-order valence-electron chi connectivity index (χ1n) is 7.69. The van der Waals surface area contributed by atoms with Crippen LogP contribution in [0.15, 0.2) is 42.5 Å². The first-order chi connectivity index (χ1) is 13.0. The van der Waals surface area contributed by atoms with Crippen LogP contribution in [0.5, 0.6) is 11.5 Å². The Labute approximate surface area is 154 Å². The number of hydrazine groups is 1. The second kappa shape index (κ2) is 9.18. The smallest absolute Gasteiger partial charge is 0.342 e. The van der Waals surface area contributed by atoms with E-state index in [1.807, 2.05) is 10.9 Å². The van der Waals surface area contributed by atoms with Crippen molar-refractivity contribution in [1.82, 2.24) is 10.9 Å². The van der Waals surface area contributed by atoms with E-state index in [4.69, 9.17) is 14.2 Å². The van der Waals surface area contributed by atoms with Gasteiger partial charge in [-0.2, -0.15) is 0 Å². The zero-order valence-electron chi connectivity index (χ0n) is 14.6. The van der Waals surface area contributed by atoms with Gasteiger partial charge in [-0.1, -0.05) is 12.1 Å². The van der Waals surface area contributed by atoms with Gasteiger partial charge in [0, 0.05) is 0 Å². The van der Waals surface area contributed by atoms with Crippen LogP contribution in [0.25, 0.3) is 0 Å². The normalized spacial score (nSPS) is 9.89. The number of hydrogen-bond acceptors (Lipinski definition) is 6. The molecule has 0 aliphatic carbocycles. The van der Waals surface area contributed by atoms with Crippen molar-refractivity contribution in [3.63, 3.8) is 0 Å². The van der Waals surface area contributed by atoms with Gasteiger partial charge in [-0.15, -0.1) is 0 Å². The Morgan fingerprint density at radius 3 is 2.37 bits per heavy atom. The molecule has 0 fully saturated rings. The molecule has 0 unspecified atom stereocenters. The van der Waals surface area contributed by atoms with Crippen molar-refractivity contribution in [2.24, 2.45) is 0 Å². The SMILES string of the molecule is COc1ccc(OC)c(C(=O)OCC(=O)NNC(=O)c2ccccc2F)c1. The van der Waals surface area contributed by atoms with Crippen molar-refractivity contribution in [1.29, 1.82) is 0 Å². The Morgan fingerprint density at radius 1 is 0.963 bits per heavy atom. The topological polar surface area (TPSA) is 103 Å². The molecule has 0 aliphatic rings. The van der Waals surface area contributed by atoms with E-state index in [1.165, 1.54) is 44.6 Å². The highest BCUT2D eigenvalue weighted by atomic mass is 19.1. The van der Waals surface area contributed by atoms with Crippen molar-refractivity contribution < 1.29 is 33.0 Å². The maximum absolute atomic E-state index is 13.5. The molecular formula is C18H17FN2O6. The van der Waals surface area contributed by atoms with Gasteiger partial charge >= 0.3 is 5.97 Å². The van der Waals surface area contributed by atoms with Crippen LogP contribution in [-0.4, -0.2) is 38.6 Å². The standard InChI is InChI=1S/C18H17FN2O6/c1-25-11-7-8-15(26-2)13(9-11)18(24)27-10-16(22)20-21-17(23)12-5-3-4-6-14(12)19/h3-9H,10H2,1-2H3,(H,20,22)(H,21,23). The molecule has 2 N–H and O–H groups in total. The molecule has 2 amide bonds. The lowest BCUT2D eigenvalue weighted by Crippen LogP contribution is -2.43. The molecule has 27 heavy (non-hydrogen) atoms. The molecule has 8 nitrogen and oxygen atoms in total. The number of halogens is 1. The largest absolute Gasteiger partial charge is 0.497 e. The summed E-state index contributed by atoms with van der Waals surface area (Å²) >= 11 is 0. The molecule has 2 aromatic rings. The highest BCUT2D eigenvalue weighted by Gasteiger charge is 2.17. The number of nitrogens with one attached hydrogen (secondary N) is 2. The molecule has 0 atom stereocenters. The fourth-order valence-corrected chi connectivity index (χ4v) is 2.06. The number of benzene rings is 2. The van der Waals surface area contributed by atoms with Gasteiger partial charge in [0.1, 0.15) is 22.9 Å².